The first-order valence-corrected chi connectivity index (χ1v) is 6.27. The van der Waals surface area contributed by atoms with Crippen LogP contribution in [0.3, 0.4) is 0 Å². The minimum Gasteiger partial charge on any atom is -0.405 e. The van der Waals surface area contributed by atoms with Gasteiger partial charge in [-0.1, -0.05) is 18.2 Å². The van der Waals surface area contributed by atoms with E-state index in [0.717, 1.165) is 26.2 Å². The number of para-hydroxylation sites is 1. The Balaban J connectivity index is 0.00000200. The van der Waals surface area contributed by atoms with E-state index in [1.165, 1.54) is 6.07 Å². The normalized spacial score (nSPS) is 17.3. The molecule has 21 heavy (non-hydrogen) atoms. The minimum atomic E-state index is -4.65. The highest BCUT2D eigenvalue weighted by Gasteiger charge is 2.33. The van der Waals surface area contributed by atoms with Crippen LogP contribution in [-0.4, -0.2) is 37.4 Å². The van der Waals surface area contributed by atoms with Crippen molar-refractivity contribution in [1.29, 1.82) is 0 Å². The van der Waals surface area contributed by atoms with Crippen LogP contribution in [0.25, 0.3) is 0 Å². The molecule has 0 saturated carbocycles. The third-order valence-electron chi connectivity index (χ3n) is 3.29. The average molecular weight is 347 g/mol. The van der Waals surface area contributed by atoms with Gasteiger partial charge in [0.15, 0.2) is 0 Å². The van der Waals surface area contributed by atoms with Crippen molar-refractivity contribution in [2.75, 3.05) is 26.2 Å². The third kappa shape index (κ3) is 5.90. The average Bonchev–Trinajstić information content (AvgIpc) is 2.38. The standard InChI is InChI=1S/C13H17F3N2O.2ClH/c1-10(18-8-6-17-7-9-18)11-4-2-3-5-12(11)19-13(14,15)16;;/h2-5,10,17H,6-9H2,1H3;2*1H/t10-;;/m1../s1. The molecule has 0 unspecified atom stereocenters. The summed E-state index contributed by atoms with van der Waals surface area (Å²) >= 11 is 0. The van der Waals surface area contributed by atoms with E-state index in [1.54, 1.807) is 18.2 Å². The maximum atomic E-state index is 12.4. The third-order valence-corrected chi connectivity index (χ3v) is 3.29. The van der Waals surface area contributed by atoms with Gasteiger partial charge in [-0.2, -0.15) is 0 Å². The van der Waals surface area contributed by atoms with Gasteiger partial charge in [0.25, 0.3) is 0 Å². The molecule has 8 heteroatoms. The Morgan fingerprint density at radius 3 is 2.29 bits per heavy atom. The number of rotatable bonds is 3. The van der Waals surface area contributed by atoms with E-state index in [2.05, 4.69) is 15.0 Å². The van der Waals surface area contributed by atoms with E-state index >= 15 is 0 Å². The van der Waals surface area contributed by atoms with Crippen molar-refractivity contribution in [3.63, 3.8) is 0 Å². The van der Waals surface area contributed by atoms with Gasteiger partial charge in [0.1, 0.15) is 5.75 Å². The Kier molecular flexibility index (Phi) is 8.39. The SMILES string of the molecule is C[C@H](c1ccccc1OC(F)(F)F)N1CCNCC1.Cl.Cl. The Morgan fingerprint density at radius 2 is 1.71 bits per heavy atom. The predicted octanol–water partition coefficient (Wildman–Crippen LogP) is 3.40. The zero-order chi connectivity index (χ0) is 13.9. The highest BCUT2D eigenvalue weighted by atomic mass is 35.5. The number of alkyl halides is 3. The van der Waals surface area contributed by atoms with Crippen LogP contribution in [0.1, 0.15) is 18.5 Å². The lowest BCUT2D eigenvalue weighted by atomic mass is 10.1. The first-order valence-electron chi connectivity index (χ1n) is 6.27. The number of hydrogen-bond acceptors (Lipinski definition) is 3. The molecule has 3 nitrogen and oxygen atoms in total. The van der Waals surface area contributed by atoms with Crippen LogP contribution in [0.5, 0.6) is 5.75 Å². The molecule has 0 bridgehead atoms. The lowest BCUT2D eigenvalue weighted by molar-refractivity contribution is -0.275. The summed E-state index contributed by atoms with van der Waals surface area (Å²) in [4.78, 5) is 2.15. The second kappa shape index (κ2) is 8.68. The van der Waals surface area contributed by atoms with E-state index < -0.39 is 6.36 Å². The molecule has 0 aliphatic carbocycles. The summed E-state index contributed by atoms with van der Waals surface area (Å²) in [5.74, 6) is -0.110. The van der Waals surface area contributed by atoms with E-state index in [-0.39, 0.29) is 36.6 Å². The van der Waals surface area contributed by atoms with Gasteiger partial charge in [-0.3, -0.25) is 4.90 Å². The molecule has 1 aromatic carbocycles. The quantitative estimate of drug-likeness (QED) is 0.907. The molecule has 1 heterocycles. The van der Waals surface area contributed by atoms with Crippen LogP contribution < -0.4 is 10.1 Å². The minimum absolute atomic E-state index is 0. The molecule has 0 amide bonds. The number of halogens is 5. The fourth-order valence-electron chi connectivity index (χ4n) is 2.31. The number of piperazine rings is 1. The molecule has 0 radical (unpaired) electrons. The van der Waals surface area contributed by atoms with Gasteiger partial charge in [-0.05, 0) is 13.0 Å². The summed E-state index contributed by atoms with van der Waals surface area (Å²) < 4.78 is 41.2. The summed E-state index contributed by atoms with van der Waals surface area (Å²) in [6.45, 7) is 5.26. The zero-order valence-corrected chi connectivity index (χ0v) is 13.2. The van der Waals surface area contributed by atoms with E-state index in [1.807, 2.05) is 6.92 Å². The number of ether oxygens (including phenoxy) is 1. The van der Waals surface area contributed by atoms with Crippen LogP contribution in [0.15, 0.2) is 24.3 Å². The van der Waals surface area contributed by atoms with Crippen molar-refractivity contribution in [3.05, 3.63) is 29.8 Å². The van der Waals surface area contributed by atoms with Crippen LogP contribution in [0, 0.1) is 0 Å². The molecule has 1 aliphatic heterocycles. The summed E-state index contributed by atoms with van der Waals surface area (Å²) in [5.41, 5.74) is 0.571. The molecule has 1 aromatic rings. The van der Waals surface area contributed by atoms with Gasteiger partial charge in [0.2, 0.25) is 0 Å². The van der Waals surface area contributed by atoms with E-state index in [4.69, 9.17) is 0 Å². The largest absolute Gasteiger partial charge is 0.573 e. The molecule has 1 N–H and O–H groups in total. The Bertz CT molecular complexity index is 426. The summed E-state index contributed by atoms with van der Waals surface area (Å²) in [6.07, 6.45) is -4.65. The summed E-state index contributed by atoms with van der Waals surface area (Å²) in [6, 6.07) is 6.24. The molecular formula is C13H19Cl2F3N2O. The van der Waals surface area contributed by atoms with Crippen molar-refractivity contribution >= 4 is 24.8 Å². The van der Waals surface area contributed by atoms with Crippen molar-refractivity contribution < 1.29 is 17.9 Å². The molecule has 1 atom stereocenters. The van der Waals surface area contributed by atoms with Crippen molar-refractivity contribution in [2.45, 2.75) is 19.3 Å². The molecule has 122 valence electrons. The fraction of sp³-hybridized carbons (Fsp3) is 0.538. The van der Waals surface area contributed by atoms with E-state index in [9.17, 15) is 13.2 Å². The lowest BCUT2D eigenvalue weighted by Crippen LogP contribution is -2.44. The number of hydrogen-bond donors (Lipinski definition) is 1. The van der Waals surface area contributed by atoms with Gasteiger partial charge in [0, 0.05) is 37.8 Å². The van der Waals surface area contributed by atoms with Crippen LogP contribution in [0.2, 0.25) is 0 Å². The number of benzene rings is 1. The van der Waals surface area contributed by atoms with Gasteiger partial charge in [-0.25, -0.2) is 0 Å². The Morgan fingerprint density at radius 1 is 1.14 bits per heavy atom. The van der Waals surface area contributed by atoms with Crippen LogP contribution >= 0.6 is 24.8 Å². The molecular weight excluding hydrogens is 328 g/mol. The molecule has 1 aliphatic rings. The van der Waals surface area contributed by atoms with Crippen molar-refractivity contribution in [1.82, 2.24) is 10.2 Å². The van der Waals surface area contributed by atoms with Crippen LogP contribution in [-0.2, 0) is 0 Å². The van der Waals surface area contributed by atoms with Gasteiger partial charge in [0.05, 0.1) is 0 Å². The highest BCUT2D eigenvalue weighted by molar-refractivity contribution is 5.85. The van der Waals surface area contributed by atoms with Crippen molar-refractivity contribution in [2.24, 2.45) is 0 Å². The first kappa shape index (κ1) is 20.3. The second-order valence-corrected chi connectivity index (χ2v) is 4.55. The summed E-state index contributed by atoms with van der Waals surface area (Å²) in [7, 11) is 0. The molecule has 1 saturated heterocycles. The zero-order valence-electron chi connectivity index (χ0n) is 11.5. The summed E-state index contributed by atoms with van der Waals surface area (Å²) in [5, 5.41) is 3.22. The maximum Gasteiger partial charge on any atom is 0.573 e. The van der Waals surface area contributed by atoms with Gasteiger partial charge in [-0.15, -0.1) is 38.0 Å². The van der Waals surface area contributed by atoms with Crippen molar-refractivity contribution in [3.8, 4) is 5.75 Å². The lowest BCUT2D eigenvalue weighted by Gasteiger charge is -2.33. The molecule has 0 spiro atoms. The molecule has 2 rings (SSSR count). The van der Waals surface area contributed by atoms with E-state index in [0.29, 0.717) is 5.56 Å². The second-order valence-electron chi connectivity index (χ2n) is 4.55. The molecule has 1 fully saturated rings. The number of nitrogens with zero attached hydrogens (tertiary/aromatic N) is 1. The smallest absolute Gasteiger partial charge is 0.405 e. The highest BCUT2D eigenvalue weighted by Crippen LogP contribution is 2.32. The van der Waals surface area contributed by atoms with Gasteiger partial charge < -0.3 is 10.1 Å². The van der Waals surface area contributed by atoms with Gasteiger partial charge >= 0.3 is 6.36 Å². The Labute approximate surface area is 134 Å². The number of nitrogens with one attached hydrogen (secondary N) is 1. The maximum absolute atomic E-state index is 12.4. The first-order chi connectivity index (χ1) is 8.97. The monoisotopic (exact) mass is 346 g/mol. The predicted molar refractivity (Wildman–Crippen MR) is 80.5 cm³/mol. The fourth-order valence-corrected chi connectivity index (χ4v) is 2.31. The topological polar surface area (TPSA) is 24.5 Å². The van der Waals surface area contributed by atoms with Crippen LogP contribution in [0.4, 0.5) is 13.2 Å². The molecule has 0 aromatic heterocycles. The Hall–Kier alpha value is -0.690.